The van der Waals surface area contributed by atoms with Gasteiger partial charge in [0.2, 0.25) is 11.8 Å². The Morgan fingerprint density at radius 3 is 2.44 bits per heavy atom. The molecule has 1 aromatic heterocycles. The molecule has 3 heterocycles. The number of amides is 4. The van der Waals surface area contributed by atoms with Crippen LogP contribution in [0.1, 0.15) is 29.2 Å². The maximum absolute atomic E-state index is 15.5. The predicted molar refractivity (Wildman–Crippen MR) is 186 cm³/mol. The van der Waals surface area contributed by atoms with Crippen molar-refractivity contribution in [2.24, 2.45) is 7.05 Å². The van der Waals surface area contributed by atoms with Gasteiger partial charge in [-0.15, -0.1) is 0 Å². The number of fused-ring (bicyclic) bond motifs is 2. The van der Waals surface area contributed by atoms with Crippen LogP contribution >= 0.6 is 0 Å². The number of aromatic hydroxyl groups is 1. The summed E-state index contributed by atoms with van der Waals surface area (Å²) >= 11 is 0. The molecule has 2 saturated heterocycles. The van der Waals surface area contributed by atoms with Crippen molar-refractivity contribution >= 4 is 72.7 Å². The molecule has 18 heteroatoms. The first-order valence-electron chi connectivity index (χ1n) is 15.9. The van der Waals surface area contributed by atoms with Gasteiger partial charge in [-0.2, -0.15) is 8.42 Å². The molecule has 2 fully saturated rings. The highest BCUT2D eigenvalue weighted by Gasteiger charge is 2.38. The van der Waals surface area contributed by atoms with Gasteiger partial charge in [0.05, 0.1) is 17.6 Å². The van der Waals surface area contributed by atoms with Gasteiger partial charge in [-0.05, 0) is 72.5 Å². The van der Waals surface area contributed by atoms with Crippen LogP contribution < -0.4 is 35.4 Å². The molecule has 5 aromatic rings. The molecule has 2 aliphatic rings. The number of imidazole rings is 1. The third kappa shape index (κ3) is 6.23. The van der Waals surface area contributed by atoms with Gasteiger partial charge in [0.15, 0.2) is 5.82 Å². The van der Waals surface area contributed by atoms with E-state index in [1.165, 1.54) is 33.4 Å². The zero-order valence-electron chi connectivity index (χ0n) is 27.3. The predicted octanol–water partition coefficient (Wildman–Crippen LogP) is 2.05. The number of benzene rings is 4. The van der Waals surface area contributed by atoms with Gasteiger partial charge in [0, 0.05) is 35.8 Å². The highest BCUT2D eigenvalue weighted by molar-refractivity contribution is 7.92. The first kappa shape index (κ1) is 34.0. The molecule has 2 aliphatic heterocycles. The van der Waals surface area contributed by atoms with Crippen LogP contribution in [0.4, 0.5) is 21.5 Å². The lowest BCUT2D eigenvalue weighted by molar-refractivity contribution is -0.135. The van der Waals surface area contributed by atoms with E-state index >= 15 is 4.39 Å². The van der Waals surface area contributed by atoms with Crippen molar-refractivity contribution in [3.05, 3.63) is 88.6 Å². The Morgan fingerprint density at radius 1 is 0.981 bits per heavy atom. The smallest absolute Gasteiger partial charge is 0.329 e. The SMILES string of the molecule is Cn1c(=O)n(C2CCC(=O)NC2=O)c2ccc(Nc3ccc(C(=O)NCCOc4ccc5cc(O)c(N6CC(=O)NS6(=O)=O)c(F)c5c4)cc3)cc21. The van der Waals surface area contributed by atoms with Crippen LogP contribution in [0.15, 0.2) is 71.5 Å². The molecule has 0 aliphatic carbocycles. The number of phenols is 1. The molecule has 268 valence electrons. The Morgan fingerprint density at radius 2 is 1.73 bits per heavy atom. The summed E-state index contributed by atoms with van der Waals surface area (Å²) in [6, 6.07) is 16.6. The lowest BCUT2D eigenvalue weighted by atomic mass is 10.1. The van der Waals surface area contributed by atoms with Crippen molar-refractivity contribution in [3.63, 3.8) is 0 Å². The summed E-state index contributed by atoms with van der Waals surface area (Å²) < 4.78 is 50.7. The van der Waals surface area contributed by atoms with Crippen LogP contribution in [0.2, 0.25) is 0 Å². The number of aromatic nitrogens is 2. The van der Waals surface area contributed by atoms with Gasteiger partial charge in [-0.3, -0.25) is 33.6 Å². The number of carbonyl (C=O) groups is 4. The minimum Gasteiger partial charge on any atom is -0.506 e. The van der Waals surface area contributed by atoms with Crippen molar-refractivity contribution in [3.8, 4) is 11.5 Å². The minimum absolute atomic E-state index is 0.0125. The second kappa shape index (κ2) is 13.0. The molecule has 52 heavy (non-hydrogen) atoms. The Hall–Kier alpha value is -6.43. The lowest BCUT2D eigenvalue weighted by Gasteiger charge is -2.21. The van der Waals surface area contributed by atoms with Crippen LogP contribution in [-0.4, -0.2) is 66.0 Å². The number of ether oxygens (including phenoxy) is 1. The summed E-state index contributed by atoms with van der Waals surface area (Å²) in [7, 11) is -2.76. The van der Waals surface area contributed by atoms with Crippen LogP contribution in [0.5, 0.6) is 11.5 Å². The van der Waals surface area contributed by atoms with E-state index in [1.807, 2.05) is 0 Å². The summed E-state index contributed by atoms with van der Waals surface area (Å²) in [4.78, 5) is 61.5. The van der Waals surface area contributed by atoms with E-state index in [-0.39, 0.29) is 60.0 Å². The zero-order chi connectivity index (χ0) is 36.9. The fourth-order valence-electron chi connectivity index (χ4n) is 6.26. The number of nitrogens with one attached hydrogen (secondary N) is 4. The van der Waals surface area contributed by atoms with Gasteiger partial charge in [0.25, 0.3) is 11.8 Å². The fraction of sp³-hybridized carbons (Fsp3) is 0.206. The summed E-state index contributed by atoms with van der Waals surface area (Å²) in [6.07, 6.45) is 0.376. The zero-order valence-corrected chi connectivity index (χ0v) is 28.1. The van der Waals surface area contributed by atoms with Gasteiger partial charge < -0.3 is 20.5 Å². The first-order chi connectivity index (χ1) is 24.8. The number of imide groups is 1. The second-order valence-electron chi connectivity index (χ2n) is 12.2. The highest BCUT2D eigenvalue weighted by atomic mass is 32.2. The molecule has 0 saturated carbocycles. The average Bonchev–Trinajstić information content (AvgIpc) is 3.52. The lowest BCUT2D eigenvalue weighted by Crippen LogP contribution is -2.44. The van der Waals surface area contributed by atoms with E-state index < -0.39 is 51.9 Å². The van der Waals surface area contributed by atoms with Crippen molar-refractivity contribution in [1.29, 1.82) is 0 Å². The van der Waals surface area contributed by atoms with E-state index in [0.717, 1.165) is 0 Å². The van der Waals surface area contributed by atoms with Crippen molar-refractivity contribution in [1.82, 2.24) is 24.5 Å². The first-order valence-corrected chi connectivity index (χ1v) is 17.4. The molecule has 5 N–H and O–H groups in total. The number of halogens is 1. The molecule has 0 bridgehead atoms. The fourth-order valence-corrected chi connectivity index (χ4v) is 7.42. The van der Waals surface area contributed by atoms with E-state index in [1.54, 1.807) is 54.2 Å². The Labute approximate surface area is 293 Å². The second-order valence-corrected chi connectivity index (χ2v) is 13.8. The number of anilines is 3. The molecule has 7 rings (SSSR count). The number of aryl methyl sites for hydroxylation is 1. The molecular weight excluding hydrogens is 701 g/mol. The number of hydrogen-bond donors (Lipinski definition) is 5. The average molecular weight is 732 g/mol. The molecule has 4 aromatic carbocycles. The minimum atomic E-state index is -4.36. The van der Waals surface area contributed by atoms with E-state index in [0.29, 0.717) is 32.3 Å². The third-order valence-electron chi connectivity index (χ3n) is 8.78. The summed E-state index contributed by atoms with van der Waals surface area (Å²) in [6.45, 7) is -0.576. The molecule has 16 nitrogen and oxygen atoms in total. The monoisotopic (exact) mass is 731 g/mol. The summed E-state index contributed by atoms with van der Waals surface area (Å²) in [5, 5.41) is 18.8. The van der Waals surface area contributed by atoms with Gasteiger partial charge >= 0.3 is 15.9 Å². The van der Waals surface area contributed by atoms with E-state index in [9.17, 15) is 37.5 Å². The summed E-state index contributed by atoms with van der Waals surface area (Å²) in [5.41, 5.74) is 1.80. The quantitative estimate of drug-likeness (QED) is 0.110. The molecule has 4 amide bonds. The maximum Gasteiger partial charge on any atom is 0.329 e. The number of carbonyl (C=O) groups excluding carboxylic acids is 4. The van der Waals surface area contributed by atoms with Crippen molar-refractivity contribution < 1.29 is 41.8 Å². The normalized spacial score (nSPS) is 16.9. The van der Waals surface area contributed by atoms with Crippen molar-refractivity contribution in [2.75, 3.05) is 29.3 Å². The summed E-state index contributed by atoms with van der Waals surface area (Å²) in [5.74, 6) is -3.60. The molecule has 1 unspecified atom stereocenters. The molecule has 0 radical (unpaired) electrons. The van der Waals surface area contributed by atoms with E-state index in [4.69, 9.17) is 4.74 Å². The van der Waals surface area contributed by atoms with Crippen LogP contribution in [0, 0.1) is 5.82 Å². The van der Waals surface area contributed by atoms with Crippen molar-refractivity contribution in [2.45, 2.75) is 18.9 Å². The Balaban J connectivity index is 0.964. The van der Waals surface area contributed by atoms with Gasteiger partial charge in [0.1, 0.15) is 36.4 Å². The van der Waals surface area contributed by atoms with Gasteiger partial charge in [-0.25, -0.2) is 18.2 Å². The largest absolute Gasteiger partial charge is 0.506 e. The van der Waals surface area contributed by atoms with Crippen LogP contribution in [0.25, 0.3) is 21.8 Å². The molecule has 1 atom stereocenters. The highest BCUT2D eigenvalue weighted by Crippen LogP contribution is 2.39. The number of piperidine rings is 1. The molecule has 0 spiro atoms. The number of hydrogen-bond acceptors (Lipinski definition) is 10. The number of rotatable bonds is 9. The standard InChI is InChI=1S/C34H30FN7O9S/c1-40-26-15-21(7-9-24(26)42(34(40)48)25-10-11-28(44)38-33(25)47)37-20-5-2-18(3-6-20)32(46)36-12-13-51-22-8-4-19-14-27(43)31(30(35)23(19)16-22)41-17-29(45)39-52(41,49)50/h2-9,14-16,25,37,43H,10-13,17H2,1H3,(H,36,46)(H,39,45)(H,38,44,47). The third-order valence-corrected chi connectivity index (χ3v) is 10.2. The van der Waals surface area contributed by atoms with Crippen LogP contribution in [-0.2, 0) is 31.6 Å². The topological polar surface area (TPSA) is 210 Å². The Kier molecular flexibility index (Phi) is 8.53. The Bertz CT molecular complexity index is 2500. The van der Waals surface area contributed by atoms with Crippen LogP contribution in [0.3, 0.4) is 0 Å². The number of nitrogens with zero attached hydrogens (tertiary/aromatic N) is 3. The number of phenolic OH excluding ortho intramolecular Hbond substituents is 1. The van der Waals surface area contributed by atoms with E-state index in [2.05, 4.69) is 16.0 Å². The molecular formula is C34H30FN7O9S. The van der Waals surface area contributed by atoms with Gasteiger partial charge in [-0.1, -0.05) is 6.07 Å². The maximum atomic E-state index is 15.5.